The van der Waals surface area contributed by atoms with Crippen LogP contribution in [0.5, 0.6) is 5.75 Å². The van der Waals surface area contributed by atoms with Gasteiger partial charge in [0, 0.05) is 18.2 Å². The van der Waals surface area contributed by atoms with Crippen LogP contribution in [0.25, 0.3) is 0 Å². The zero-order chi connectivity index (χ0) is 17.7. The highest BCUT2D eigenvalue weighted by Crippen LogP contribution is 2.23. The van der Waals surface area contributed by atoms with Gasteiger partial charge in [-0.3, -0.25) is 4.79 Å². The molecule has 126 valence electrons. The van der Waals surface area contributed by atoms with Crippen molar-refractivity contribution in [1.82, 2.24) is 0 Å². The van der Waals surface area contributed by atoms with Gasteiger partial charge in [0.05, 0.1) is 5.56 Å². The highest BCUT2D eigenvalue weighted by molar-refractivity contribution is 5.92. The summed E-state index contributed by atoms with van der Waals surface area (Å²) in [4.78, 5) is 23.7. The van der Waals surface area contributed by atoms with Gasteiger partial charge in [-0.15, -0.1) is 0 Å². The Morgan fingerprint density at radius 1 is 1.04 bits per heavy atom. The van der Waals surface area contributed by atoms with E-state index in [0.29, 0.717) is 23.4 Å². The Morgan fingerprint density at radius 2 is 1.71 bits per heavy atom. The lowest BCUT2D eigenvalue weighted by Gasteiger charge is -2.18. The number of carbonyl (C=O) groups excluding carboxylic acids is 2. The molecule has 1 amide bonds. The van der Waals surface area contributed by atoms with E-state index in [-0.39, 0.29) is 11.3 Å². The summed E-state index contributed by atoms with van der Waals surface area (Å²) in [7, 11) is 0. The molecule has 24 heavy (non-hydrogen) atoms. The highest BCUT2D eigenvalue weighted by atomic mass is 16.5. The van der Waals surface area contributed by atoms with Crippen LogP contribution in [0, 0.1) is 0 Å². The standard InChI is InChI=1S/C20H23NO3/c1-5-18(22)21-16-7-6-8-17(13-16)24-19(23)14-9-11-15(12-10-14)20(2,3)4/h6-13H,5H2,1-4H3,(H,21,22). The number of rotatable bonds is 4. The summed E-state index contributed by atoms with van der Waals surface area (Å²) in [5, 5.41) is 2.74. The van der Waals surface area contributed by atoms with Gasteiger partial charge >= 0.3 is 5.97 Å². The summed E-state index contributed by atoms with van der Waals surface area (Å²) < 4.78 is 5.39. The number of hydrogen-bond acceptors (Lipinski definition) is 3. The van der Waals surface area contributed by atoms with Gasteiger partial charge in [-0.2, -0.15) is 0 Å². The predicted molar refractivity (Wildman–Crippen MR) is 95.5 cm³/mol. The van der Waals surface area contributed by atoms with E-state index in [2.05, 4.69) is 26.1 Å². The Balaban J connectivity index is 2.09. The van der Waals surface area contributed by atoms with Gasteiger partial charge in [0.2, 0.25) is 5.91 Å². The fraction of sp³-hybridized carbons (Fsp3) is 0.300. The van der Waals surface area contributed by atoms with Crippen LogP contribution in [-0.4, -0.2) is 11.9 Å². The number of anilines is 1. The summed E-state index contributed by atoms with van der Waals surface area (Å²) in [6.45, 7) is 8.14. The fourth-order valence-electron chi connectivity index (χ4n) is 2.16. The molecule has 0 heterocycles. The maximum atomic E-state index is 12.3. The van der Waals surface area contributed by atoms with E-state index < -0.39 is 5.97 Å². The third-order valence-corrected chi connectivity index (χ3v) is 3.64. The molecule has 2 aromatic carbocycles. The first kappa shape index (κ1) is 17.7. The lowest BCUT2D eigenvalue weighted by molar-refractivity contribution is -0.115. The molecule has 0 fully saturated rings. The van der Waals surface area contributed by atoms with Crippen LogP contribution in [0.1, 0.15) is 50.0 Å². The van der Waals surface area contributed by atoms with Crippen molar-refractivity contribution in [3.05, 3.63) is 59.7 Å². The molecule has 0 atom stereocenters. The molecule has 2 aromatic rings. The smallest absolute Gasteiger partial charge is 0.343 e. The number of esters is 1. The molecule has 0 radical (unpaired) electrons. The summed E-state index contributed by atoms with van der Waals surface area (Å²) >= 11 is 0. The van der Waals surface area contributed by atoms with Gasteiger partial charge < -0.3 is 10.1 Å². The predicted octanol–water partition coefficient (Wildman–Crippen LogP) is 4.55. The van der Waals surface area contributed by atoms with Crippen molar-refractivity contribution < 1.29 is 14.3 Å². The van der Waals surface area contributed by atoms with Crippen LogP contribution in [-0.2, 0) is 10.2 Å². The number of benzene rings is 2. The number of nitrogens with one attached hydrogen (secondary N) is 1. The molecule has 0 aliphatic rings. The maximum Gasteiger partial charge on any atom is 0.343 e. The molecule has 0 bridgehead atoms. The second-order valence-electron chi connectivity index (χ2n) is 6.65. The topological polar surface area (TPSA) is 55.4 Å². The van der Waals surface area contributed by atoms with Crippen LogP contribution in [0.4, 0.5) is 5.69 Å². The Hall–Kier alpha value is -2.62. The average molecular weight is 325 g/mol. The zero-order valence-electron chi connectivity index (χ0n) is 14.6. The summed E-state index contributed by atoms with van der Waals surface area (Å²) in [6, 6.07) is 14.2. The first-order valence-electron chi connectivity index (χ1n) is 8.02. The van der Waals surface area contributed by atoms with Gasteiger partial charge in [-0.25, -0.2) is 4.79 Å². The molecule has 0 aliphatic carbocycles. The Kier molecular flexibility index (Phi) is 5.39. The van der Waals surface area contributed by atoms with Crippen LogP contribution in [0.2, 0.25) is 0 Å². The Morgan fingerprint density at radius 3 is 2.29 bits per heavy atom. The molecule has 4 nitrogen and oxygen atoms in total. The normalized spacial score (nSPS) is 11.0. The zero-order valence-corrected chi connectivity index (χ0v) is 14.6. The van der Waals surface area contributed by atoms with Crippen molar-refractivity contribution in [1.29, 1.82) is 0 Å². The Bertz CT molecular complexity index is 727. The quantitative estimate of drug-likeness (QED) is 0.662. The molecule has 0 aromatic heterocycles. The number of amides is 1. The minimum atomic E-state index is -0.422. The summed E-state index contributed by atoms with van der Waals surface area (Å²) in [5.74, 6) is -0.112. The average Bonchev–Trinajstić information content (AvgIpc) is 2.54. The van der Waals surface area contributed by atoms with Gasteiger partial charge in [0.15, 0.2) is 0 Å². The minimum absolute atomic E-state index is 0.0360. The van der Waals surface area contributed by atoms with Crippen molar-refractivity contribution in [3.63, 3.8) is 0 Å². The number of carbonyl (C=O) groups is 2. The number of ether oxygens (including phenoxy) is 1. The fourth-order valence-corrected chi connectivity index (χ4v) is 2.16. The summed E-state index contributed by atoms with van der Waals surface area (Å²) in [5.41, 5.74) is 2.29. The van der Waals surface area contributed by atoms with E-state index in [1.54, 1.807) is 43.3 Å². The molecular weight excluding hydrogens is 302 g/mol. The third kappa shape index (κ3) is 4.69. The monoisotopic (exact) mass is 325 g/mol. The molecule has 2 rings (SSSR count). The first-order chi connectivity index (χ1) is 11.3. The van der Waals surface area contributed by atoms with Gasteiger partial charge in [0.25, 0.3) is 0 Å². The van der Waals surface area contributed by atoms with Crippen LogP contribution in [0.15, 0.2) is 48.5 Å². The van der Waals surface area contributed by atoms with Crippen LogP contribution in [0.3, 0.4) is 0 Å². The van der Waals surface area contributed by atoms with Crippen molar-refractivity contribution in [3.8, 4) is 5.75 Å². The van der Waals surface area contributed by atoms with Gasteiger partial charge in [-0.1, -0.05) is 45.9 Å². The molecule has 0 saturated heterocycles. The van der Waals surface area contributed by atoms with Gasteiger partial charge in [0.1, 0.15) is 5.75 Å². The second-order valence-corrected chi connectivity index (χ2v) is 6.65. The summed E-state index contributed by atoms with van der Waals surface area (Å²) in [6.07, 6.45) is 0.393. The molecular formula is C20H23NO3. The van der Waals surface area contributed by atoms with Crippen LogP contribution < -0.4 is 10.1 Å². The first-order valence-corrected chi connectivity index (χ1v) is 8.02. The Labute approximate surface area is 142 Å². The molecule has 0 aliphatic heterocycles. The van der Waals surface area contributed by atoms with E-state index in [4.69, 9.17) is 4.74 Å². The molecule has 0 saturated carbocycles. The van der Waals surface area contributed by atoms with E-state index in [1.807, 2.05) is 12.1 Å². The van der Waals surface area contributed by atoms with Crippen molar-refractivity contribution >= 4 is 17.6 Å². The van der Waals surface area contributed by atoms with E-state index in [0.717, 1.165) is 5.56 Å². The highest BCUT2D eigenvalue weighted by Gasteiger charge is 2.15. The SMILES string of the molecule is CCC(=O)Nc1cccc(OC(=O)c2ccc(C(C)(C)C)cc2)c1. The maximum absolute atomic E-state index is 12.3. The molecule has 4 heteroatoms. The second kappa shape index (κ2) is 7.30. The lowest BCUT2D eigenvalue weighted by Crippen LogP contribution is -2.13. The number of hydrogen-bond donors (Lipinski definition) is 1. The lowest BCUT2D eigenvalue weighted by atomic mass is 9.87. The molecule has 0 unspecified atom stereocenters. The third-order valence-electron chi connectivity index (χ3n) is 3.64. The van der Waals surface area contributed by atoms with E-state index >= 15 is 0 Å². The van der Waals surface area contributed by atoms with Crippen molar-refractivity contribution in [2.24, 2.45) is 0 Å². The molecule has 0 spiro atoms. The van der Waals surface area contributed by atoms with Crippen molar-refractivity contribution in [2.75, 3.05) is 5.32 Å². The van der Waals surface area contributed by atoms with Crippen LogP contribution >= 0.6 is 0 Å². The van der Waals surface area contributed by atoms with Crippen molar-refractivity contribution in [2.45, 2.75) is 39.5 Å². The van der Waals surface area contributed by atoms with Gasteiger partial charge in [-0.05, 0) is 35.2 Å². The van der Waals surface area contributed by atoms with E-state index in [1.165, 1.54) is 0 Å². The minimum Gasteiger partial charge on any atom is -0.423 e. The van der Waals surface area contributed by atoms with E-state index in [9.17, 15) is 9.59 Å². The molecule has 1 N–H and O–H groups in total. The largest absolute Gasteiger partial charge is 0.423 e.